The highest BCUT2D eigenvalue weighted by Gasteiger charge is 2.66. The van der Waals surface area contributed by atoms with Crippen molar-refractivity contribution < 1.29 is 28.6 Å². The summed E-state index contributed by atoms with van der Waals surface area (Å²) in [5.41, 5.74) is 0.437. The lowest BCUT2D eigenvalue weighted by Crippen LogP contribution is -2.45. The number of rotatable bonds is 10. The van der Waals surface area contributed by atoms with Crippen LogP contribution < -0.4 is 9.80 Å². The fourth-order valence-electron chi connectivity index (χ4n) is 7.92. The third-order valence-electron chi connectivity index (χ3n) is 10.1. The molecule has 4 atom stereocenters. The summed E-state index contributed by atoms with van der Waals surface area (Å²) in [5, 5.41) is 9.80. The number of carbonyl (C=O) groups excluding carboxylic acids is 3. The van der Waals surface area contributed by atoms with E-state index in [0.29, 0.717) is 36.4 Å². The molecule has 0 bridgehead atoms. The zero-order valence-corrected chi connectivity index (χ0v) is 27.4. The molecular weight excluding hydrogens is 597 g/mol. The number of halogens is 1. The van der Waals surface area contributed by atoms with Crippen LogP contribution in [0.2, 0.25) is 0 Å². The molecule has 8 nitrogen and oxygen atoms in total. The van der Waals surface area contributed by atoms with Gasteiger partial charge in [-0.1, -0.05) is 67.6 Å². The predicted octanol–water partition coefficient (Wildman–Crippen LogP) is 5.76. The van der Waals surface area contributed by atoms with E-state index in [1.807, 2.05) is 85.8 Å². The molecule has 3 aliphatic rings. The van der Waals surface area contributed by atoms with E-state index in [2.05, 4.69) is 0 Å². The molecule has 3 amide bonds. The van der Waals surface area contributed by atoms with Gasteiger partial charge in [0.25, 0.3) is 5.91 Å². The Kier molecular flexibility index (Phi) is 9.23. The second kappa shape index (κ2) is 13.2. The molecule has 9 heteroatoms. The van der Waals surface area contributed by atoms with Crippen LogP contribution in [0.1, 0.15) is 63.1 Å². The van der Waals surface area contributed by atoms with E-state index in [4.69, 9.17) is 4.74 Å². The number of carbonyl (C=O) groups is 3. The van der Waals surface area contributed by atoms with Gasteiger partial charge in [-0.05, 0) is 56.0 Å². The van der Waals surface area contributed by atoms with Crippen LogP contribution in [-0.4, -0.2) is 59.2 Å². The summed E-state index contributed by atoms with van der Waals surface area (Å²) < 4.78 is 23.2. The largest absolute Gasteiger partial charge is 0.395 e. The lowest BCUT2D eigenvalue weighted by Gasteiger charge is -2.33. The minimum atomic E-state index is -1.79. The van der Waals surface area contributed by atoms with Crippen LogP contribution in [0.4, 0.5) is 15.8 Å². The van der Waals surface area contributed by atoms with Crippen molar-refractivity contribution >= 4 is 29.1 Å². The van der Waals surface area contributed by atoms with Gasteiger partial charge in [0, 0.05) is 49.1 Å². The van der Waals surface area contributed by atoms with Crippen molar-refractivity contribution in [1.29, 1.82) is 0 Å². The van der Waals surface area contributed by atoms with Crippen molar-refractivity contribution in [3.05, 3.63) is 95.6 Å². The lowest BCUT2D eigenvalue weighted by atomic mass is 9.71. The second-order valence-electron chi connectivity index (χ2n) is 13.6. The fraction of sp³-hybridized carbons (Fsp3) is 0.447. The molecular formula is C38H44FN3O5. The van der Waals surface area contributed by atoms with Crippen molar-refractivity contribution in [2.45, 2.75) is 76.9 Å². The molecule has 0 unspecified atom stereocenters. The molecule has 3 heterocycles. The van der Waals surface area contributed by atoms with Gasteiger partial charge in [0.05, 0.1) is 31.4 Å². The van der Waals surface area contributed by atoms with E-state index in [0.717, 1.165) is 24.0 Å². The number of amides is 3. The molecule has 0 saturated carbocycles. The molecule has 1 spiro atoms. The van der Waals surface area contributed by atoms with Crippen molar-refractivity contribution in [3.8, 4) is 0 Å². The Morgan fingerprint density at radius 3 is 2.34 bits per heavy atom. The van der Waals surface area contributed by atoms with Crippen LogP contribution in [0.5, 0.6) is 0 Å². The average molecular weight is 642 g/mol. The summed E-state index contributed by atoms with van der Waals surface area (Å²) in [5.74, 6) is -1.99. The molecule has 47 heavy (non-hydrogen) atoms. The summed E-state index contributed by atoms with van der Waals surface area (Å²) in [6, 6.07) is 24.8. The Labute approximate surface area is 276 Å². The van der Waals surface area contributed by atoms with Crippen molar-refractivity contribution in [1.82, 2.24) is 4.90 Å². The fourth-order valence-corrected chi connectivity index (χ4v) is 7.92. The smallest absolute Gasteiger partial charge is 0.264 e. The summed E-state index contributed by atoms with van der Waals surface area (Å²) >= 11 is 0. The maximum absolute atomic E-state index is 16.3. The number of hydrogen-bond acceptors (Lipinski definition) is 5. The van der Waals surface area contributed by atoms with Gasteiger partial charge >= 0.3 is 0 Å². The Morgan fingerprint density at radius 2 is 1.70 bits per heavy atom. The van der Waals surface area contributed by atoms with E-state index in [-0.39, 0.29) is 43.8 Å². The first-order valence-corrected chi connectivity index (χ1v) is 16.6. The van der Waals surface area contributed by atoms with Crippen molar-refractivity contribution in [2.75, 3.05) is 29.5 Å². The quantitative estimate of drug-likeness (QED) is 0.304. The number of aliphatic hydroxyl groups excluding tert-OH is 1. The molecule has 248 valence electrons. The first-order valence-electron chi connectivity index (χ1n) is 16.6. The molecule has 6 rings (SSSR count). The van der Waals surface area contributed by atoms with Gasteiger partial charge in [0.2, 0.25) is 11.8 Å². The van der Waals surface area contributed by atoms with E-state index in [1.54, 1.807) is 14.7 Å². The van der Waals surface area contributed by atoms with Gasteiger partial charge in [-0.15, -0.1) is 0 Å². The molecule has 3 aromatic carbocycles. The zero-order chi connectivity index (χ0) is 33.3. The minimum absolute atomic E-state index is 0.0322. The molecule has 1 N–H and O–H groups in total. The second-order valence-corrected chi connectivity index (χ2v) is 13.6. The summed E-state index contributed by atoms with van der Waals surface area (Å²) in [6.45, 7) is 5.87. The highest BCUT2D eigenvalue weighted by molar-refractivity contribution is 6.08. The topological polar surface area (TPSA) is 90.4 Å². The molecule has 0 aromatic heterocycles. The highest BCUT2D eigenvalue weighted by Crippen LogP contribution is 2.59. The number of hydrogen-bond donors (Lipinski definition) is 1. The van der Waals surface area contributed by atoms with Crippen LogP contribution in [0.3, 0.4) is 0 Å². The maximum atomic E-state index is 16.3. The number of aliphatic hydroxyl groups is 1. The molecule has 3 aromatic rings. The standard InChI is InChI=1S/C38H44FN3O5/c1-26-35(37(2,3)39)32(23-34(45)40(20-21-43)24-27-12-6-4-7-13-27)47-38(26)30-22-29(41-19-11-10-16-33(41)44)17-18-31(30)42(36(38)46)25-28-14-8-5-9-15-28/h4-9,12-15,17-18,22,26,32,35,43H,10-11,16,19-21,23-25H2,1-3H3/t26-,32+,35-,38+/m1/s1. The Hall–Kier alpha value is -4.08. The Balaban J connectivity index is 1.40. The van der Waals surface area contributed by atoms with Crippen LogP contribution in [0.15, 0.2) is 78.9 Å². The summed E-state index contributed by atoms with van der Waals surface area (Å²) in [4.78, 5) is 46.7. The number of benzene rings is 3. The number of anilines is 2. The SMILES string of the molecule is C[C@@H]1[C@@H](C(C)(C)F)[C@H](CC(=O)N(CCO)Cc2ccccc2)O[C@@]12C(=O)N(Cc1ccccc1)c1ccc(N3CCCCC3=O)cc12. The summed E-state index contributed by atoms with van der Waals surface area (Å²) in [6.07, 6.45) is 1.12. The number of ether oxygens (including phenoxy) is 1. The van der Waals surface area contributed by atoms with E-state index < -0.39 is 29.2 Å². The first-order chi connectivity index (χ1) is 22.5. The van der Waals surface area contributed by atoms with Gasteiger partial charge in [-0.3, -0.25) is 14.4 Å². The number of fused-ring (bicyclic) bond motifs is 2. The molecule has 3 aliphatic heterocycles. The molecule has 2 fully saturated rings. The van der Waals surface area contributed by atoms with Gasteiger partial charge < -0.3 is 24.5 Å². The normalized spacial score (nSPS) is 24.2. The van der Waals surface area contributed by atoms with Crippen LogP contribution in [0, 0.1) is 11.8 Å². The molecule has 0 aliphatic carbocycles. The highest BCUT2D eigenvalue weighted by atomic mass is 19.1. The van der Waals surface area contributed by atoms with Crippen LogP contribution in [-0.2, 0) is 37.8 Å². The first kappa shape index (κ1) is 32.8. The van der Waals surface area contributed by atoms with E-state index >= 15 is 4.39 Å². The zero-order valence-electron chi connectivity index (χ0n) is 27.4. The van der Waals surface area contributed by atoms with E-state index in [1.165, 1.54) is 13.8 Å². The van der Waals surface area contributed by atoms with Gasteiger partial charge in [0.15, 0.2) is 5.60 Å². The summed E-state index contributed by atoms with van der Waals surface area (Å²) in [7, 11) is 0. The third kappa shape index (κ3) is 6.19. The van der Waals surface area contributed by atoms with Gasteiger partial charge in [0.1, 0.15) is 5.67 Å². The Bertz CT molecular complexity index is 1610. The molecule has 0 radical (unpaired) electrons. The number of alkyl halides is 1. The van der Waals surface area contributed by atoms with Crippen molar-refractivity contribution in [3.63, 3.8) is 0 Å². The number of piperidine rings is 1. The Morgan fingerprint density at radius 1 is 1.02 bits per heavy atom. The van der Waals surface area contributed by atoms with Crippen LogP contribution >= 0.6 is 0 Å². The van der Waals surface area contributed by atoms with Gasteiger partial charge in [-0.25, -0.2) is 4.39 Å². The van der Waals surface area contributed by atoms with Gasteiger partial charge in [-0.2, -0.15) is 0 Å². The predicted molar refractivity (Wildman–Crippen MR) is 178 cm³/mol. The minimum Gasteiger partial charge on any atom is -0.395 e. The third-order valence-corrected chi connectivity index (χ3v) is 10.1. The lowest BCUT2D eigenvalue weighted by molar-refractivity contribution is -0.150. The average Bonchev–Trinajstić information content (AvgIpc) is 3.48. The molecule has 2 saturated heterocycles. The van der Waals surface area contributed by atoms with Crippen molar-refractivity contribution in [2.24, 2.45) is 11.8 Å². The number of nitrogens with zero attached hydrogens (tertiary/aromatic N) is 3. The monoisotopic (exact) mass is 641 g/mol. The van der Waals surface area contributed by atoms with Crippen LogP contribution in [0.25, 0.3) is 0 Å². The maximum Gasteiger partial charge on any atom is 0.264 e. The van der Waals surface area contributed by atoms with E-state index in [9.17, 15) is 19.5 Å².